The van der Waals surface area contributed by atoms with Gasteiger partial charge in [0.1, 0.15) is 0 Å². The molecule has 0 atom stereocenters. The third-order valence-electron chi connectivity index (χ3n) is 4.99. The average molecular weight is 309 g/mol. The van der Waals surface area contributed by atoms with Gasteiger partial charge >= 0.3 is 0 Å². The lowest BCUT2D eigenvalue weighted by Gasteiger charge is -2.40. The Kier molecular flexibility index (Phi) is 5.47. The van der Waals surface area contributed by atoms with Crippen LogP contribution in [0.15, 0.2) is 60.7 Å². The maximum Gasteiger partial charge on any atom is 0.0612 e. The lowest BCUT2D eigenvalue weighted by Crippen LogP contribution is -2.46. The maximum absolute atomic E-state index is 5.73. The average Bonchev–Trinajstić information content (AvgIpc) is 2.64. The summed E-state index contributed by atoms with van der Waals surface area (Å²) in [6, 6.07) is 21.7. The zero-order valence-electron chi connectivity index (χ0n) is 14.1. The molecular formula is C21H27NO. The van der Waals surface area contributed by atoms with Crippen molar-refractivity contribution in [3.8, 4) is 0 Å². The highest BCUT2D eigenvalue weighted by Crippen LogP contribution is 2.34. The first-order valence-corrected chi connectivity index (χ1v) is 8.67. The highest BCUT2D eigenvalue weighted by molar-refractivity contribution is 5.40. The van der Waals surface area contributed by atoms with E-state index in [0.29, 0.717) is 6.61 Å². The van der Waals surface area contributed by atoms with Crippen molar-refractivity contribution in [3.05, 3.63) is 71.8 Å². The van der Waals surface area contributed by atoms with Crippen molar-refractivity contribution in [1.29, 1.82) is 0 Å². The van der Waals surface area contributed by atoms with E-state index in [1.807, 2.05) is 7.11 Å². The maximum atomic E-state index is 5.73. The van der Waals surface area contributed by atoms with Crippen LogP contribution >= 0.6 is 0 Å². The summed E-state index contributed by atoms with van der Waals surface area (Å²) in [6.45, 7) is 4.13. The molecule has 1 aliphatic heterocycles. The van der Waals surface area contributed by atoms with Crippen LogP contribution < -0.4 is 0 Å². The summed E-state index contributed by atoms with van der Waals surface area (Å²) in [7, 11) is 1.82. The van der Waals surface area contributed by atoms with Gasteiger partial charge in [-0.3, -0.25) is 0 Å². The Morgan fingerprint density at radius 3 is 1.83 bits per heavy atom. The van der Waals surface area contributed by atoms with Gasteiger partial charge in [-0.1, -0.05) is 67.1 Å². The number of likely N-dealkylation sites (tertiary alicyclic amines) is 1. The molecule has 0 amide bonds. The third-order valence-corrected chi connectivity index (χ3v) is 4.99. The van der Waals surface area contributed by atoms with E-state index in [4.69, 9.17) is 4.74 Å². The van der Waals surface area contributed by atoms with Gasteiger partial charge in [-0.05, 0) is 37.1 Å². The highest BCUT2D eigenvalue weighted by atomic mass is 16.5. The first-order valence-electron chi connectivity index (χ1n) is 8.67. The number of hydrogen-bond acceptors (Lipinski definition) is 2. The Labute approximate surface area is 140 Å². The molecule has 2 heteroatoms. The number of nitrogens with zero attached hydrogens (tertiary/aromatic N) is 1. The van der Waals surface area contributed by atoms with E-state index in [0.717, 1.165) is 6.54 Å². The van der Waals surface area contributed by atoms with Crippen LogP contribution in [0.4, 0.5) is 0 Å². The van der Waals surface area contributed by atoms with Gasteiger partial charge in [0, 0.05) is 13.7 Å². The lowest BCUT2D eigenvalue weighted by molar-refractivity contribution is 0.107. The molecule has 0 unspecified atom stereocenters. The van der Waals surface area contributed by atoms with Crippen LogP contribution in [0.1, 0.15) is 30.4 Å². The zero-order valence-corrected chi connectivity index (χ0v) is 14.1. The van der Waals surface area contributed by atoms with E-state index in [2.05, 4.69) is 65.6 Å². The number of hydrogen-bond donors (Lipinski definition) is 0. The second-order valence-corrected chi connectivity index (χ2v) is 6.58. The predicted molar refractivity (Wildman–Crippen MR) is 95.8 cm³/mol. The largest absolute Gasteiger partial charge is 0.383 e. The molecule has 0 saturated carbocycles. The van der Waals surface area contributed by atoms with E-state index < -0.39 is 0 Å². The van der Waals surface area contributed by atoms with Gasteiger partial charge < -0.3 is 9.64 Å². The SMILES string of the molecule is COCC(CN1CCCCC1)(c1ccccc1)c1ccccc1. The summed E-state index contributed by atoms with van der Waals surface area (Å²) in [6.07, 6.45) is 3.99. The molecule has 0 aliphatic carbocycles. The number of methoxy groups -OCH3 is 1. The monoisotopic (exact) mass is 309 g/mol. The molecule has 0 spiro atoms. The normalized spacial score (nSPS) is 16.4. The molecule has 2 aromatic rings. The Morgan fingerprint density at radius 1 is 0.826 bits per heavy atom. The summed E-state index contributed by atoms with van der Waals surface area (Å²) in [5.74, 6) is 0. The molecule has 23 heavy (non-hydrogen) atoms. The number of piperidine rings is 1. The van der Waals surface area contributed by atoms with Gasteiger partial charge in [0.15, 0.2) is 0 Å². The molecule has 1 heterocycles. The van der Waals surface area contributed by atoms with Gasteiger partial charge in [0.2, 0.25) is 0 Å². The minimum atomic E-state index is -0.103. The summed E-state index contributed by atoms with van der Waals surface area (Å²) in [5.41, 5.74) is 2.59. The van der Waals surface area contributed by atoms with Crippen LogP contribution in [-0.4, -0.2) is 38.3 Å². The van der Waals surface area contributed by atoms with Crippen molar-refractivity contribution in [3.63, 3.8) is 0 Å². The first kappa shape index (κ1) is 16.2. The lowest BCUT2D eigenvalue weighted by atomic mass is 9.74. The van der Waals surface area contributed by atoms with Gasteiger partial charge in [0.25, 0.3) is 0 Å². The summed E-state index contributed by atoms with van der Waals surface area (Å²) in [5, 5.41) is 0. The second kappa shape index (κ2) is 7.76. The Bertz CT molecular complexity index is 536. The van der Waals surface area contributed by atoms with Crippen molar-refractivity contribution in [2.24, 2.45) is 0 Å². The van der Waals surface area contributed by atoms with Crippen LogP contribution in [0.5, 0.6) is 0 Å². The van der Waals surface area contributed by atoms with Gasteiger partial charge in [-0.2, -0.15) is 0 Å². The molecule has 0 radical (unpaired) electrons. The van der Waals surface area contributed by atoms with Crippen LogP contribution in [0, 0.1) is 0 Å². The predicted octanol–water partition coefficient (Wildman–Crippen LogP) is 4.11. The zero-order chi connectivity index (χ0) is 16.0. The Morgan fingerprint density at radius 2 is 1.35 bits per heavy atom. The number of ether oxygens (including phenoxy) is 1. The molecular weight excluding hydrogens is 282 g/mol. The van der Waals surface area contributed by atoms with Crippen molar-refractivity contribution < 1.29 is 4.74 Å². The first-order chi connectivity index (χ1) is 11.3. The molecule has 0 bridgehead atoms. The van der Waals surface area contributed by atoms with Crippen LogP contribution in [0.3, 0.4) is 0 Å². The molecule has 1 fully saturated rings. The summed E-state index contributed by atoms with van der Waals surface area (Å²) in [4.78, 5) is 2.61. The van der Waals surface area contributed by atoms with Crippen molar-refractivity contribution in [1.82, 2.24) is 4.90 Å². The molecule has 122 valence electrons. The van der Waals surface area contributed by atoms with Gasteiger partial charge in [-0.25, -0.2) is 0 Å². The fourth-order valence-corrected chi connectivity index (χ4v) is 3.82. The molecule has 3 rings (SSSR count). The van der Waals surface area contributed by atoms with Crippen molar-refractivity contribution >= 4 is 0 Å². The minimum Gasteiger partial charge on any atom is -0.383 e. The molecule has 1 aliphatic rings. The van der Waals surface area contributed by atoms with E-state index in [9.17, 15) is 0 Å². The van der Waals surface area contributed by atoms with Crippen LogP contribution in [0.2, 0.25) is 0 Å². The molecule has 1 saturated heterocycles. The highest BCUT2D eigenvalue weighted by Gasteiger charge is 2.36. The molecule has 0 N–H and O–H groups in total. The Hall–Kier alpha value is -1.64. The van der Waals surface area contributed by atoms with E-state index in [1.165, 1.54) is 43.5 Å². The summed E-state index contributed by atoms with van der Waals surface area (Å²) >= 11 is 0. The fourth-order valence-electron chi connectivity index (χ4n) is 3.82. The van der Waals surface area contributed by atoms with Crippen LogP contribution in [0.25, 0.3) is 0 Å². The van der Waals surface area contributed by atoms with Gasteiger partial charge in [-0.15, -0.1) is 0 Å². The smallest absolute Gasteiger partial charge is 0.0612 e. The molecule has 2 aromatic carbocycles. The number of rotatable bonds is 6. The fraction of sp³-hybridized carbons (Fsp3) is 0.429. The quantitative estimate of drug-likeness (QED) is 0.796. The Balaban J connectivity index is 2.02. The van der Waals surface area contributed by atoms with Crippen molar-refractivity contribution in [2.75, 3.05) is 33.4 Å². The molecule has 2 nitrogen and oxygen atoms in total. The van der Waals surface area contributed by atoms with E-state index in [1.54, 1.807) is 0 Å². The summed E-state index contributed by atoms with van der Waals surface area (Å²) < 4.78 is 5.73. The third kappa shape index (κ3) is 3.65. The van der Waals surface area contributed by atoms with Crippen molar-refractivity contribution in [2.45, 2.75) is 24.7 Å². The van der Waals surface area contributed by atoms with Crippen LogP contribution in [-0.2, 0) is 10.2 Å². The molecule has 0 aromatic heterocycles. The topological polar surface area (TPSA) is 12.5 Å². The second-order valence-electron chi connectivity index (χ2n) is 6.58. The standard InChI is InChI=1S/C21H27NO/c1-23-18-21(19-11-5-2-6-12-19,20-13-7-3-8-14-20)17-22-15-9-4-10-16-22/h2-3,5-8,11-14H,4,9-10,15-18H2,1H3. The van der Waals surface area contributed by atoms with E-state index in [-0.39, 0.29) is 5.41 Å². The van der Waals surface area contributed by atoms with Gasteiger partial charge in [0.05, 0.1) is 12.0 Å². The number of benzene rings is 2. The minimum absolute atomic E-state index is 0.103. The van der Waals surface area contributed by atoms with E-state index >= 15 is 0 Å².